The number of nitrogens with zero attached hydrogens (tertiary/aromatic N) is 2. The van der Waals surface area contributed by atoms with Gasteiger partial charge in [0.2, 0.25) is 5.91 Å². The Labute approximate surface area is 186 Å². The molecule has 4 unspecified atom stereocenters. The van der Waals surface area contributed by atoms with Crippen LogP contribution in [-0.2, 0) is 33.4 Å². The van der Waals surface area contributed by atoms with E-state index in [4.69, 9.17) is 9.47 Å². The normalized spacial score (nSPS) is 30.7. The largest absolute Gasteiger partial charge is 0.417 e. The fraction of sp³-hybridized carbons (Fsp3) is 0.739. The molecule has 2 fully saturated rings. The van der Waals surface area contributed by atoms with Gasteiger partial charge in [0, 0.05) is 44.6 Å². The fourth-order valence-electron chi connectivity index (χ4n) is 5.48. The van der Waals surface area contributed by atoms with Crippen LogP contribution in [0, 0.1) is 11.3 Å². The van der Waals surface area contributed by atoms with Crippen molar-refractivity contribution in [2.45, 2.75) is 70.4 Å². The summed E-state index contributed by atoms with van der Waals surface area (Å²) in [6, 6.07) is 1.44. The Kier molecular flexibility index (Phi) is 6.53. The van der Waals surface area contributed by atoms with Crippen molar-refractivity contribution < 1.29 is 27.4 Å². The lowest BCUT2D eigenvalue weighted by Gasteiger charge is -2.39. The SMILES string of the molecule is COC1COCC1NC1CCC(C(=O)N2CCc3ncc(C(F)(F)F)cc3C2)(C(C)C)C1. The van der Waals surface area contributed by atoms with Crippen molar-refractivity contribution in [1.82, 2.24) is 15.2 Å². The molecule has 0 radical (unpaired) electrons. The monoisotopic (exact) mass is 455 g/mol. The Hall–Kier alpha value is -1.71. The molecule has 6 nitrogen and oxygen atoms in total. The highest BCUT2D eigenvalue weighted by atomic mass is 19.4. The van der Waals surface area contributed by atoms with Gasteiger partial charge in [-0.1, -0.05) is 13.8 Å². The number of methoxy groups -OCH3 is 1. The standard InChI is InChI=1S/C23H32F3N3O3/c1-14(2)22(6-4-17(9-22)28-19-12-32-13-20(19)31-3)21(30)29-7-5-18-15(11-29)8-16(10-27-18)23(24,25)26/h8,10,14,17,19-20,28H,4-7,9,11-13H2,1-3H3. The molecular weight excluding hydrogens is 423 g/mol. The van der Waals surface area contributed by atoms with Gasteiger partial charge in [-0.25, -0.2) is 0 Å². The van der Waals surface area contributed by atoms with E-state index in [9.17, 15) is 18.0 Å². The van der Waals surface area contributed by atoms with E-state index >= 15 is 0 Å². The van der Waals surface area contributed by atoms with Crippen LogP contribution in [0.25, 0.3) is 0 Å². The highest BCUT2D eigenvalue weighted by Crippen LogP contribution is 2.46. The molecule has 1 aliphatic carbocycles. The number of alkyl halides is 3. The van der Waals surface area contributed by atoms with Crippen LogP contribution in [0.4, 0.5) is 13.2 Å². The number of hydrogen-bond donors (Lipinski definition) is 1. The molecule has 0 aromatic carbocycles. The van der Waals surface area contributed by atoms with Gasteiger partial charge < -0.3 is 19.7 Å². The van der Waals surface area contributed by atoms with Gasteiger partial charge in [0.25, 0.3) is 0 Å². The lowest BCUT2D eigenvalue weighted by molar-refractivity contribution is -0.146. The number of nitrogens with one attached hydrogen (secondary N) is 1. The summed E-state index contributed by atoms with van der Waals surface area (Å²) in [6.45, 7) is 5.96. The molecule has 32 heavy (non-hydrogen) atoms. The zero-order chi connectivity index (χ0) is 23.1. The summed E-state index contributed by atoms with van der Waals surface area (Å²) in [4.78, 5) is 19.5. The Morgan fingerprint density at radius 2 is 2.16 bits per heavy atom. The average molecular weight is 456 g/mol. The maximum absolute atomic E-state index is 13.8. The van der Waals surface area contributed by atoms with Gasteiger partial charge in [-0.05, 0) is 36.8 Å². The molecule has 1 saturated heterocycles. The number of rotatable bonds is 5. The second-order valence-corrected chi connectivity index (χ2v) is 9.64. The molecule has 1 N–H and O–H groups in total. The van der Waals surface area contributed by atoms with Crippen LogP contribution in [0.1, 0.15) is 49.9 Å². The molecule has 0 bridgehead atoms. The Bertz CT molecular complexity index is 848. The lowest BCUT2D eigenvalue weighted by atomic mass is 9.74. The molecule has 4 atom stereocenters. The first-order chi connectivity index (χ1) is 15.1. The first-order valence-corrected chi connectivity index (χ1v) is 11.3. The lowest BCUT2D eigenvalue weighted by Crippen LogP contribution is -2.49. The van der Waals surface area contributed by atoms with Crippen molar-refractivity contribution in [3.05, 3.63) is 29.1 Å². The predicted octanol–water partition coefficient (Wildman–Crippen LogP) is 3.18. The summed E-state index contributed by atoms with van der Waals surface area (Å²) in [6.07, 6.45) is -0.725. The predicted molar refractivity (Wildman–Crippen MR) is 112 cm³/mol. The van der Waals surface area contributed by atoms with Gasteiger partial charge in [0.1, 0.15) is 0 Å². The number of aromatic nitrogens is 1. The highest BCUT2D eigenvalue weighted by molar-refractivity contribution is 5.83. The van der Waals surface area contributed by atoms with E-state index in [1.807, 2.05) is 0 Å². The molecule has 1 saturated carbocycles. The number of carbonyl (C=O) groups excluding carboxylic acids is 1. The topological polar surface area (TPSA) is 63.7 Å². The number of hydrogen-bond acceptors (Lipinski definition) is 5. The minimum atomic E-state index is -4.44. The van der Waals surface area contributed by atoms with Crippen molar-refractivity contribution >= 4 is 5.91 Å². The number of halogens is 3. The number of pyridine rings is 1. The average Bonchev–Trinajstić information content (AvgIpc) is 3.39. The summed E-state index contributed by atoms with van der Waals surface area (Å²) in [5, 5.41) is 3.63. The molecular formula is C23H32F3N3O3. The van der Waals surface area contributed by atoms with Gasteiger partial charge >= 0.3 is 6.18 Å². The molecule has 4 rings (SSSR count). The van der Waals surface area contributed by atoms with Crippen LogP contribution in [-0.4, -0.2) is 60.8 Å². The third-order valence-electron chi connectivity index (χ3n) is 7.52. The molecule has 0 spiro atoms. The highest BCUT2D eigenvalue weighted by Gasteiger charge is 2.50. The van der Waals surface area contributed by atoms with Crippen LogP contribution in [0.5, 0.6) is 0 Å². The summed E-state index contributed by atoms with van der Waals surface area (Å²) in [7, 11) is 1.68. The van der Waals surface area contributed by atoms with Crippen molar-refractivity contribution in [2.75, 3.05) is 26.9 Å². The molecule has 3 aliphatic rings. The van der Waals surface area contributed by atoms with E-state index in [1.165, 1.54) is 0 Å². The van der Waals surface area contributed by atoms with Crippen molar-refractivity contribution in [3.63, 3.8) is 0 Å². The number of ether oxygens (including phenoxy) is 2. The second-order valence-electron chi connectivity index (χ2n) is 9.64. The Balaban J connectivity index is 1.48. The Morgan fingerprint density at radius 3 is 2.84 bits per heavy atom. The Morgan fingerprint density at radius 1 is 1.38 bits per heavy atom. The molecule has 9 heteroatoms. The first-order valence-electron chi connectivity index (χ1n) is 11.3. The van der Waals surface area contributed by atoms with E-state index in [0.29, 0.717) is 43.9 Å². The molecule has 1 aromatic rings. The fourth-order valence-corrected chi connectivity index (χ4v) is 5.48. The van der Waals surface area contributed by atoms with Gasteiger partial charge in [0.15, 0.2) is 0 Å². The minimum absolute atomic E-state index is 0.00803. The van der Waals surface area contributed by atoms with E-state index in [-0.39, 0.29) is 36.6 Å². The number of amides is 1. The third-order valence-corrected chi connectivity index (χ3v) is 7.52. The zero-order valence-corrected chi connectivity index (χ0v) is 18.9. The third kappa shape index (κ3) is 4.39. The summed E-state index contributed by atoms with van der Waals surface area (Å²) in [5.41, 5.74) is -0.136. The summed E-state index contributed by atoms with van der Waals surface area (Å²) < 4.78 is 50.5. The van der Waals surface area contributed by atoms with E-state index in [0.717, 1.165) is 25.1 Å². The second kappa shape index (κ2) is 8.91. The quantitative estimate of drug-likeness (QED) is 0.739. The van der Waals surface area contributed by atoms with E-state index in [2.05, 4.69) is 24.1 Å². The number of fused-ring (bicyclic) bond motifs is 1. The summed E-state index contributed by atoms with van der Waals surface area (Å²) >= 11 is 0. The molecule has 2 aliphatic heterocycles. The zero-order valence-electron chi connectivity index (χ0n) is 18.9. The van der Waals surface area contributed by atoms with Gasteiger partial charge in [-0.3, -0.25) is 9.78 Å². The van der Waals surface area contributed by atoms with Crippen LogP contribution in [0.15, 0.2) is 12.3 Å². The van der Waals surface area contributed by atoms with Crippen molar-refractivity contribution in [3.8, 4) is 0 Å². The molecule has 3 heterocycles. The van der Waals surface area contributed by atoms with Crippen LogP contribution >= 0.6 is 0 Å². The first kappa shape index (κ1) is 23.4. The molecule has 1 amide bonds. The van der Waals surface area contributed by atoms with Crippen molar-refractivity contribution in [1.29, 1.82) is 0 Å². The van der Waals surface area contributed by atoms with Crippen LogP contribution < -0.4 is 5.32 Å². The van der Waals surface area contributed by atoms with E-state index in [1.54, 1.807) is 12.0 Å². The maximum Gasteiger partial charge on any atom is 0.417 e. The maximum atomic E-state index is 13.8. The molecule has 1 aromatic heterocycles. The smallest absolute Gasteiger partial charge is 0.377 e. The van der Waals surface area contributed by atoms with Gasteiger partial charge in [0.05, 0.1) is 36.3 Å². The summed E-state index contributed by atoms with van der Waals surface area (Å²) in [5.74, 6) is 0.173. The van der Waals surface area contributed by atoms with Gasteiger partial charge in [-0.2, -0.15) is 13.2 Å². The van der Waals surface area contributed by atoms with Crippen LogP contribution in [0.3, 0.4) is 0 Å². The van der Waals surface area contributed by atoms with E-state index < -0.39 is 17.2 Å². The minimum Gasteiger partial charge on any atom is -0.377 e. The number of carbonyl (C=O) groups is 1. The molecule has 178 valence electrons. The van der Waals surface area contributed by atoms with Gasteiger partial charge in [-0.15, -0.1) is 0 Å². The van der Waals surface area contributed by atoms with Crippen LogP contribution in [0.2, 0.25) is 0 Å². The van der Waals surface area contributed by atoms with Crippen molar-refractivity contribution in [2.24, 2.45) is 11.3 Å².